The van der Waals surface area contributed by atoms with Gasteiger partial charge < -0.3 is 15.3 Å². The van der Waals surface area contributed by atoms with E-state index in [0.717, 1.165) is 5.56 Å². The van der Waals surface area contributed by atoms with Crippen LogP contribution in [0.4, 0.5) is 10.2 Å². The number of aryl methyl sites for hydroxylation is 1. The van der Waals surface area contributed by atoms with Gasteiger partial charge in [-0.1, -0.05) is 12.1 Å². The summed E-state index contributed by atoms with van der Waals surface area (Å²) in [6.45, 7) is 3.28. The van der Waals surface area contributed by atoms with Gasteiger partial charge in [-0.3, -0.25) is 4.79 Å². The summed E-state index contributed by atoms with van der Waals surface area (Å²) in [6.07, 6.45) is 4.00. The first-order valence-electron chi connectivity index (χ1n) is 8.77. The van der Waals surface area contributed by atoms with E-state index < -0.39 is 5.97 Å². The van der Waals surface area contributed by atoms with E-state index in [1.807, 2.05) is 4.90 Å². The maximum absolute atomic E-state index is 13.6. The molecule has 2 heterocycles. The second-order valence-electron chi connectivity index (χ2n) is 6.63. The number of aromatic nitrogens is 2. The SMILES string of the molecule is Cc1ccc(CNC(=O)C2CCN(c3cnc(C(=O)O)cn3)CC2)cc1F. The summed E-state index contributed by atoms with van der Waals surface area (Å²) < 4.78 is 13.6. The Morgan fingerprint density at radius 1 is 1.26 bits per heavy atom. The van der Waals surface area contributed by atoms with Gasteiger partial charge in [0.25, 0.3) is 0 Å². The van der Waals surface area contributed by atoms with Crippen molar-refractivity contribution in [1.82, 2.24) is 15.3 Å². The van der Waals surface area contributed by atoms with Crippen molar-refractivity contribution >= 4 is 17.7 Å². The Labute approximate surface area is 156 Å². The molecule has 8 heteroatoms. The van der Waals surface area contributed by atoms with Crippen LogP contribution in [0, 0.1) is 18.7 Å². The van der Waals surface area contributed by atoms with Crippen molar-refractivity contribution in [2.24, 2.45) is 5.92 Å². The van der Waals surface area contributed by atoms with E-state index >= 15 is 0 Å². The van der Waals surface area contributed by atoms with E-state index in [1.165, 1.54) is 18.5 Å². The van der Waals surface area contributed by atoms with Crippen LogP contribution in [0.1, 0.15) is 34.5 Å². The summed E-state index contributed by atoms with van der Waals surface area (Å²) >= 11 is 0. The summed E-state index contributed by atoms with van der Waals surface area (Å²) in [4.78, 5) is 33.2. The second kappa shape index (κ2) is 8.11. The number of rotatable bonds is 5. The third-order valence-corrected chi connectivity index (χ3v) is 4.75. The highest BCUT2D eigenvalue weighted by atomic mass is 19.1. The highest BCUT2D eigenvalue weighted by Gasteiger charge is 2.25. The molecule has 2 aromatic rings. The lowest BCUT2D eigenvalue weighted by Crippen LogP contribution is -2.40. The topological polar surface area (TPSA) is 95.4 Å². The molecule has 1 aliphatic rings. The van der Waals surface area contributed by atoms with Gasteiger partial charge in [-0.05, 0) is 37.0 Å². The number of halogens is 1. The molecule has 1 fully saturated rings. The lowest BCUT2D eigenvalue weighted by Gasteiger charge is -2.31. The third kappa shape index (κ3) is 4.58. The van der Waals surface area contributed by atoms with E-state index in [4.69, 9.17) is 5.11 Å². The van der Waals surface area contributed by atoms with E-state index in [2.05, 4.69) is 15.3 Å². The van der Waals surface area contributed by atoms with E-state index in [-0.39, 0.29) is 23.3 Å². The summed E-state index contributed by atoms with van der Waals surface area (Å²) in [5.41, 5.74) is 1.22. The molecule has 1 aromatic carbocycles. The van der Waals surface area contributed by atoms with Crippen LogP contribution in [-0.2, 0) is 11.3 Å². The fourth-order valence-corrected chi connectivity index (χ4v) is 3.05. The molecule has 27 heavy (non-hydrogen) atoms. The maximum atomic E-state index is 13.6. The predicted molar refractivity (Wildman–Crippen MR) is 96.9 cm³/mol. The third-order valence-electron chi connectivity index (χ3n) is 4.75. The number of carbonyl (C=O) groups excluding carboxylic acids is 1. The monoisotopic (exact) mass is 372 g/mol. The molecular weight excluding hydrogens is 351 g/mol. The minimum Gasteiger partial charge on any atom is -0.476 e. The van der Waals surface area contributed by atoms with E-state index in [9.17, 15) is 14.0 Å². The van der Waals surface area contributed by atoms with Crippen LogP contribution in [0.5, 0.6) is 0 Å². The number of carboxylic acid groups (broad SMARTS) is 1. The lowest BCUT2D eigenvalue weighted by atomic mass is 9.96. The number of nitrogens with one attached hydrogen (secondary N) is 1. The number of aromatic carboxylic acids is 1. The number of amides is 1. The zero-order chi connectivity index (χ0) is 19.4. The van der Waals surface area contributed by atoms with Gasteiger partial charge in [-0.15, -0.1) is 0 Å². The molecule has 1 saturated heterocycles. The fraction of sp³-hybridized carbons (Fsp3) is 0.368. The minimum absolute atomic E-state index is 0.0389. The van der Waals surface area contributed by atoms with Gasteiger partial charge in [0, 0.05) is 25.6 Å². The Hall–Kier alpha value is -3.03. The van der Waals surface area contributed by atoms with Crippen molar-refractivity contribution in [3.63, 3.8) is 0 Å². The fourth-order valence-electron chi connectivity index (χ4n) is 3.05. The van der Waals surface area contributed by atoms with Gasteiger partial charge in [0.2, 0.25) is 5.91 Å². The van der Waals surface area contributed by atoms with Crippen LogP contribution >= 0.6 is 0 Å². The van der Waals surface area contributed by atoms with Crippen molar-refractivity contribution < 1.29 is 19.1 Å². The van der Waals surface area contributed by atoms with Crippen molar-refractivity contribution in [1.29, 1.82) is 0 Å². The zero-order valence-corrected chi connectivity index (χ0v) is 15.0. The first-order chi connectivity index (χ1) is 12.9. The summed E-state index contributed by atoms with van der Waals surface area (Å²) in [6, 6.07) is 4.95. The molecule has 0 unspecified atom stereocenters. The Balaban J connectivity index is 1.50. The summed E-state index contributed by atoms with van der Waals surface area (Å²) in [5, 5.41) is 11.7. The van der Waals surface area contributed by atoms with Crippen molar-refractivity contribution in [3.05, 3.63) is 53.2 Å². The second-order valence-corrected chi connectivity index (χ2v) is 6.63. The van der Waals surface area contributed by atoms with Crippen LogP contribution in [0.3, 0.4) is 0 Å². The predicted octanol–water partition coefficient (Wildman–Crippen LogP) is 2.16. The standard InChI is InChI=1S/C19H21FN4O3/c1-12-2-3-13(8-15(12)20)9-23-18(25)14-4-6-24(7-5-14)17-11-21-16(10-22-17)19(26)27/h2-3,8,10-11,14H,4-7,9H2,1H3,(H,23,25)(H,26,27). The Morgan fingerprint density at radius 3 is 2.59 bits per heavy atom. The van der Waals surface area contributed by atoms with E-state index in [0.29, 0.717) is 43.9 Å². The first-order valence-corrected chi connectivity index (χ1v) is 8.77. The van der Waals surface area contributed by atoms with Gasteiger partial charge >= 0.3 is 5.97 Å². The Morgan fingerprint density at radius 2 is 2.00 bits per heavy atom. The molecule has 0 spiro atoms. The van der Waals surface area contributed by atoms with E-state index in [1.54, 1.807) is 19.1 Å². The number of benzene rings is 1. The average molecular weight is 372 g/mol. The number of carboxylic acids is 1. The molecule has 0 atom stereocenters. The van der Waals surface area contributed by atoms with Crippen molar-refractivity contribution in [2.75, 3.05) is 18.0 Å². The van der Waals surface area contributed by atoms with Gasteiger partial charge in [-0.2, -0.15) is 0 Å². The largest absolute Gasteiger partial charge is 0.476 e. The number of anilines is 1. The number of hydrogen-bond donors (Lipinski definition) is 2. The van der Waals surface area contributed by atoms with Gasteiger partial charge in [0.15, 0.2) is 5.69 Å². The quantitative estimate of drug-likeness (QED) is 0.835. The molecule has 7 nitrogen and oxygen atoms in total. The molecule has 0 saturated carbocycles. The summed E-state index contributed by atoms with van der Waals surface area (Å²) in [5.74, 6) is -0.928. The molecule has 3 rings (SSSR count). The highest BCUT2D eigenvalue weighted by molar-refractivity contribution is 5.85. The minimum atomic E-state index is -1.11. The Bertz CT molecular complexity index is 833. The Kier molecular flexibility index (Phi) is 5.63. The first kappa shape index (κ1) is 18.8. The molecule has 0 radical (unpaired) electrons. The van der Waals surface area contributed by atoms with Gasteiger partial charge in [-0.25, -0.2) is 19.2 Å². The molecule has 1 amide bonds. The molecule has 2 N–H and O–H groups in total. The van der Waals surface area contributed by atoms with Gasteiger partial charge in [0.1, 0.15) is 11.6 Å². The smallest absolute Gasteiger partial charge is 0.356 e. The van der Waals surface area contributed by atoms with Crippen LogP contribution in [0.25, 0.3) is 0 Å². The molecule has 1 aliphatic heterocycles. The summed E-state index contributed by atoms with van der Waals surface area (Å²) in [7, 11) is 0. The molecule has 1 aromatic heterocycles. The number of carbonyl (C=O) groups is 2. The average Bonchev–Trinajstić information content (AvgIpc) is 2.69. The molecule has 0 aliphatic carbocycles. The zero-order valence-electron chi connectivity index (χ0n) is 15.0. The lowest BCUT2D eigenvalue weighted by molar-refractivity contribution is -0.125. The number of hydrogen-bond acceptors (Lipinski definition) is 5. The van der Waals surface area contributed by atoms with Crippen LogP contribution in [0.15, 0.2) is 30.6 Å². The number of piperidine rings is 1. The maximum Gasteiger partial charge on any atom is 0.356 e. The van der Waals surface area contributed by atoms with Crippen molar-refractivity contribution in [2.45, 2.75) is 26.3 Å². The van der Waals surface area contributed by atoms with Gasteiger partial charge in [0.05, 0.1) is 12.4 Å². The number of nitrogens with zero attached hydrogens (tertiary/aromatic N) is 3. The normalized spacial score (nSPS) is 14.8. The molecular formula is C19H21FN4O3. The molecule has 142 valence electrons. The van der Waals surface area contributed by atoms with Crippen LogP contribution in [0.2, 0.25) is 0 Å². The van der Waals surface area contributed by atoms with Crippen molar-refractivity contribution in [3.8, 4) is 0 Å². The highest BCUT2D eigenvalue weighted by Crippen LogP contribution is 2.21. The van der Waals surface area contributed by atoms with Crippen LogP contribution < -0.4 is 10.2 Å². The molecule has 0 bridgehead atoms. The van der Waals surface area contributed by atoms with Crippen LogP contribution in [-0.4, -0.2) is 40.0 Å².